The lowest BCUT2D eigenvalue weighted by Gasteiger charge is -1.99. The zero-order valence-electron chi connectivity index (χ0n) is 6.21. The summed E-state index contributed by atoms with van der Waals surface area (Å²) >= 11 is 6.83. The molecule has 0 spiro atoms. The first kappa shape index (κ1) is 9.44. The molecule has 0 atom stereocenters. The van der Waals surface area contributed by atoms with Gasteiger partial charge < -0.3 is 11.1 Å². The van der Waals surface area contributed by atoms with Crippen LogP contribution in [0.25, 0.3) is 0 Å². The standard InChI is InChI=1S/C6H8ClN3OS/c7-5-4(12-3-10-5)6(11)9-2-1-8/h3H,1-2,8H2,(H,9,11). The van der Waals surface area contributed by atoms with Crippen molar-refractivity contribution >= 4 is 28.8 Å². The third-order valence-corrected chi connectivity index (χ3v) is 2.38. The lowest BCUT2D eigenvalue weighted by Crippen LogP contribution is -2.28. The molecular formula is C6H8ClN3OS. The Morgan fingerprint density at radius 1 is 1.83 bits per heavy atom. The second kappa shape index (κ2) is 4.39. The van der Waals surface area contributed by atoms with Crippen LogP contribution in [0.15, 0.2) is 5.51 Å². The largest absolute Gasteiger partial charge is 0.350 e. The molecule has 1 amide bonds. The fraction of sp³-hybridized carbons (Fsp3) is 0.333. The first-order valence-corrected chi connectivity index (χ1v) is 4.58. The van der Waals surface area contributed by atoms with Crippen molar-refractivity contribution in [3.63, 3.8) is 0 Å². The molecule has 0 radical (unpaired) electrons. The maximum Gasteiger partial charge on any atom is 0.264 e. The van der Waals surface area contributed by atoms with Gasteiger partial charge in [0.25, 0.3) is 5.91 Å². The Bertz CT molecular complexity index is 276. The number of thiazole rings is 1. The van der Waals surface area contributed by atoms with Crippen LogP contribution in [0.3, 0.4) is 0 Å². The van der Waals surface area contributed by atoms with Crippen molar-refractivity contribution in [1.29, 1.82) is 0 Å². The molecule has 0 fully saturated rings. The van der Waals surface area contributed by atoms with Crippen molar-refractivity contribution in [1.82, 2.24) is 10.3 Å². The van der Waals surface area contributed by atoms with Crippen LogP contribution in [-0.2, 0) is 0 Å². The van der Waals surface area contributed by atoms with Gasteiger partial charge in [-0.1, -0.05) is 11.6 Å². The predicted molar refractivity (Wildman–Crippen MR) is 48.5 cm³/mol. The van der Waals surface area contributed by atoms with Gasteiger partial charge in [0, 0.05) is 13.1 Å². The summed E-state index contributed by atoms with van der Waals surface area (Å²) in [5.41, 5.74) is 6.74. The predicted octanol–water partition coefficient (Wildman–Crippen LogP) is 0.485. The van der Waals surface area contributed by atoms with Gasteiger partial charge in [-0.05, 0) is 0 Å². The van der Waals surface area contributed by atoms with Gasteiger partial charge in [-0.3, -0.25) is 4.79 Å². The second-order valence-electron chi connectivity index (χ2n) is 2.02. The highest BCUT2D eigenvalue weighted by molar-refractivity contribution is 7.12. The van der Waals surface area contributed by atoms with Gasteiger partial charge in [0.15, 0.2) is 5.15 Å². The molecule has 0 bridgehead atoms. The molecule has 4 nitrogen and oxygen atoms in total. The van der Waals surface area contributed by atoms with Gasteiger partial charge in [0.2, 0.25) is 0 Å². The van der Waals surface area contributed by atoms with Gasteiger partial charge in [0.1, 0.15) is 4.88 Å². The molecule has 12 heavy (non-hydrogen) atoms. The molecule has 1 heterocycles. The number of carbonyl (C=O) groups is 1. The first-order valence-electron chi connectivity index (χ1n) is 3.33. The molecule has 0 saturated heterocycles. The Kier molecular flexibility index (Phi) is 3.46. The average molecular weight is 206 g/mol. The molecule has 1 aromatic rings. The summed E-state index contributed by atoms with van der Waals surface area (Å²) in [5.74, 6) is -0.215. The molecule has 1 aromatic heterocycles. The Morgan fingerprint density at radius 3 is 3.08 bits per heavy atom. The maximum absolute atomic E-state index is 11.2. The Balaban J connectivity index is 2.59. The van der Waals surface area contributed by atoms with Crippen LogP contribution < -0.4 is 11.1 Å². The van der Waals surface area contributed by atoms with Crippen LogP contribution in [0.1, 0.15) is 9.67 Å². The SMILES string of the molecule is NCCNC(=O)c1scnc1Cl. The number of aromatic nitrogens is 1. The van der Waals surface area contributed by atoms with Crippen LogP contribution in [0.5, 0.6) is 0 Å². The first-order chi connectivity index (χ1) is 5.75. The van der Waals surface area contributed by atoms with E-state index in [-0.39, 0.29) is 11.1 Å². The maximum atomic E-state index is 11.2. The molecule has 1 rings (SSSR count). The highest BCUT2D eigenvalue weighted by Gasteiger charge is 2.11. The number of halogens is 1. The van der Waals surface area contributed by atoms with E-state index in [1.54, 1.807) is 0 Å². The van der Waals surface area contributed by atoms with E-state index in [4.69, 9.17) is 17.3 Å². The Labute approximate surface area is 78.7 Å². The Hall–Kier alpha value is -0.650. The molecule has 6 heteroatoms. The van der Waals surface area contributed by atoms with Gasteiger partial charge in [-0.25, -0.2) is 4.98 Å². The van der Waals surface area contributed by atoms with Gasteiger partial charge in [-0.2, -0.15) is 0 Å². The summed E-state index contributed by atoms with van der Waals surface area (Å²) in [4.78, 5) is 15.4. The number of nitrogens with two attached hydrogens (primary N) is 1. The fourth-order valence-electron chi connectivity index (χ4n) is 0.646. The molecule has 0 aliphatic heterocycles. The summed E-state index contributed by atoms with van der Waals surface area (Å²) in [7, 11) is 0. The summed E-state index contributed by atoms with van der Waals surface area (Å²) in [5, 5.41) is 2.84. The third kappa shape index (κ3) is 2.17. The van der Waals surface area contributed by atoms with E-state index in [2.05, 4.69) is 10.3 Å². The topological polar surface area (TPSA) is 68.0 Å². The molecule has 0 aliphatic rings. The minimum absolute atomic E-state index is 0.215. The number of nitrogens with one attached hydrogen (secondary N) is 1. The average Bonchev–Trinajstić information content (AvgIpc) is 2.47. The van der Waals surface area contributed by atoms with Crippen LogP contribution in [0, 0.1) is 0 Å². The van der Waals surface area contributed by atoms with Gasteiger partial charge in [0.05, 0.1) is 5.51 Å². The molecular weight excluding hydrogens is 198 g/mol. The van der Waals surface area contributed by atoms with Crippen molar-refractivity contribution < 1.29 is 4.79 Å². The van der Waals surface area contributed by atoms with Crippen molar-refractivity contribution in [2.75, 3.05) is 13.1 Å². The van der Waals surface area contributed by atoms with Crippen molar-refractivity contribution in [2.24, 2.45) is 5.73 Å². The normalized spacial score (nSPS) is 9.83. The molecule has 0 aliphatic carbocycles. The minimum atomic E-state index is -0.215. The van der Waals surface area contributed by atoms with Crippen LogP contribution >= 0.6 is 22.9 Å². The van der Waals surface area contributed by atoms with E-state index >= 15 is 0 Å². The van der Waals surface area contributed by atoms with E-state index in [0.29, 0.717) is 18.0 Å². The fourth-order valence-corrected chi connectivity index (χ4v) is 1.56. The smallest absolute Gasteiger partial charge is 0.264 e. The summed E-state index contributed by atoms with van der Waals surface area (Å²) < 4.78 is 0. The molecule has 0 saturated carbocycles. The zero-order valence-corrected chi connectivity index (χ0v) is 7.78. The van der Waals surface area contributed by atoms with E-state index in [1.807, 2.05) is 0 Å². The van der Waals surface area contributed by atoms with E-state index < -0.39 is 0 Å². The quantitative estimate of drug-likeness (QED) is 0.755. The molecule has 0 aromatic carbocycles. The Morgan fingerprint density at radius 2 is 2.58 bits per heavy atom. The number of hydrogen-bond acceptors (Lipinski definition) is 4. The molecule has 0 unspecified atom stereocenters. The number of hydrogen-bond donors (Lipinski definition) is 2. The van der Waals surface area contributed by atoms with Crippen LogP contribution in [-0.4, -0.2) is 24.0 Å². The zero-order chi connectivity index (χ0) is 8.97. The molecule has 3 N–H and O–H groups in total. The summed E-state index contributed by atoms with van der Waals surface area (Å²) in [6, 6.07) is 0. The highest BCUT2D eigenvalue weighted by atomic mass is 35.5. The second-order valence-corrected chi connectivity index (χ2v) is 3.23. The number of rotatable bonds is 3. The summed E-state index contributed by atoms with van der Waals surface area (Å²) in [6.07, 6.45) is 0. The molecule has 66 valence electrons. The third-order valence-electron chi connectivity index (χ3n) is 1.16. The number of carbonyl (C=O) groups excluding carboxylic acids is 1. The van der Waals surface area contributed by atoms with E-state index in [9.17, 15) is 4.79 Å². The number of amides is 1. The van der Waals surface area contributed by atoms with Crippen LogP contribution in [0.2, 0.25) is 5.15 Å². The lowest BCUT2D eigenvalue weighted by molar-refractivity contribution is 0.0959. The van der Waals surface area contributed by atoms with Crippen molar-refractivity contribution in [2.45, 2.75) is 0 Å². The van der Waals surface area contributed by atoms with Crippen LogP contribution in [0.4, 0.5) is 0 Å². The van der Waals surface area contributed by atoms with Gasteiger partial charge in [-0.15, -0.1) is 11.3 Å². The van der Waals surface area contributed by atoms with E-state index in [0.717, 1.165) is 0 Å². The number of nitrogens with zero attached hydrogens (tertiary/aromatic N) is 1. The highest BCUT2D eigenvalue weighted by Crippen LogP contribution is 2.17. The van der Waals surface area contributed by atoms with Gasteiger partial charge >= 0.3 is 0 Å². The van der Waals surface area contributed by atoms with Crippen molar-refractivity contribution in [3.8, 4) is 0 Å². The van der Waals surface area contributed by atoms with Crippen molar-refractivity contribution in [3.05, 3.63) is 15.5 Å². The summed E-state index contributed by atoms with van der Waals surface area (Å²) in [6.45, 7) is 0.870. The van der Waals surface area contributed by atoms with E-state index in [1.165, 1.54) is 16.8 Å². The lowest BCUT2D eigenvalue weighted by atomic mass is 10.5. The minimum Gasteiger partial charge on any atom is -0.350 e. The monoisotopic (exact) mass is 205 g/mol.